The summed E-state index contributed by atoms with van der Waals surface area (Å²) in [7, 11) is 1.86. The van der Waals surface area contributed by atoms with Gasteiger partial charge in [0, 0.05) is 19.0 Å². The number of hydrogen-bond donors (Lipinski definition) is 2. The van der Waals surface area contributed by atoms with Crippen LogP contribution in [0, 0.1) is 11.8 Å². The summed E-state index contributed by atoms with van der Waals surface area (Å²) in [6, 6.07) is 9.34. The molecule has 0 radical (unpaired) electrons. The second-order valence-corrected chi connectivity index (χ2v) is 5.88. The summed E-state index contributed by atoms with van der Waals surface area (Å²) < 4.78 is 0. The van der Waals surface area contributed by atoms with Crippen molar-refractivity contribution in [2.45, 2.75) is 13.3 Å². The second-order valence-electron chi connectivity index (χ2n) is 5.88. The SMILES string of the molecule is CC1CC1CN(C)C(=O)c1cc(NN)nc2ccccc12. The molecule has 3 N–H and O–H groups in total. The molecule has 21 heavy (non-hydrogen) atoms. The third-order valence-electron chi connectivity index (χ3n) is 4.23. The van der Waals surface area contributed by atoms with Gasteiger partial charge in [0.25, 0.3) is 5.91 Å². The van der Waals surface area contributed by atoms with Gasteiger partial charge in [0.15, 0.2) is 0 Å². The van der Waals surface area contributed by atoms with E-state index in [4.69, 9.17) is 5.84 Å². The summed E-state index contributed by atoms with van der Waals surface area (Å²) in [4.78, 5) is 18.9. The summed E-state index contributed by atoms with van der Waals surface area (Å²) in [5, 5.41) is 0.859. The standard InChI is InChI=1S/C16H20N4O/c1-10-7-11(10)9-20(2)16(21)13-8-15(19-17)18-14-6-4-3-5-12(13)14/h3-6,8,10-11H,7,9,17H2,1-2H3,(H,18,19). The number of nitrogen functional groups attached to an aromatic ring is 1. The second kappa shape index (κ2) is 5.33. The number of carbonyl (C=O) groups is 1. The van der Waals surface area contributed by atoms with Gasteiger partial charge in [-0.15, -0.1) is 0 Å². The first-order valence-electron chi connectivity index (χ1n) is 7.22. The number of anilines is 1. The van der Waals surface area contributed by atoms with Crippen molar-refractivity contribution < 1.29 is 4.79 Å². The van der Waals surface area contributed by atoms with Crippen LogP contribution in [-0.4, -0.2) is 29.4 Å². The molecule has 1 heterocycles. The molecule has 1 aromatic carbocycles. The number of amides is 1. The fourth-order valence-corrected chi connectivity index (χ4v) is 2.72. The van der Waals surface area contributed by atoms with Crippen molar-refractivity contribution in [2.24, 2.45) is 17.7 Å². The van der Waals surface area contributed by atoms with Crippen LogP contribution in [0.2, 0.25) is 0 Å². The van der Waals surface area contributed by atoms with E-state index in [1.165, 1.54) is 6.42 Å². The lowest BCUT2D eigenvalue weighted by Crippen LogP contribution is -2.29. The Morgan fingerprint density at radius 2 is 2.19 bits per heavy atom. The maximum absolute atomic E-state index is 12.7. The maximum Gasteiger partial charge on any atom is 0.254 e. The molecule has 1 aliphatic rings. The average molecular weight is 284 g/mol. The normalized spacial score (nSPS) is 20.3. The Hall–Kier alpha value is -2.14. The highest BCUT2D eigenvalue weighted by atomic mass is 16.2. The molecule has 0 saturated heterocycles. The minimum atomic E-state index is 0.0178. The first-order valence-corrected chi connectivity index (χ1v) is 7.22. The molecule has 1 aliphatic carbocycles. The Kier molecular flexibility index (Phi) is 3.51. The first-order chi connectivity index (χ1) is 10.1. The number of carbonyl (C=O) groups excluding carboxylic acids is 1. The Labute approximate surface area is 124 Å². The zero-order valence-corrected chi connectivity index (χ0v) is 12.3. The van der Waals surface area contributed by atoms with E-state index >= 15 is 0 Å². The van der Waals surface area contributed by atoms with Gasteiger partial charge in [-0.25, -0.2) is 10.8 Å². The van der Waals surface area contributed by atoms with E-state index in [2.05, 4.69) is 17.3 Å². The van der Waals surface area contributed by atoms with Crippen molar-refractivity contribution in [3.63, 3.8) is 0 Å². The summed E-state index contributed by atoms with van der Waals surface area (Å²) in [6.45, 7) is 3.03. The van der Waals surface area contributed by atoms with E-state index in [9.17, 15) is 4.79 Å². The Morgan fingerprint density at radius 3 is 2.86 bits per heavy atom. The van der Waals surface area contributed by atoms with Crippen molar-refractivity contribution in [1.29, 1.82) is 0 Å². The Bertz CT molecular complexity index is 685. The highest BCUT2D eigenvalue weighted by molar-refractivity contribution is 6.06. The smallest absolute Gasteiger partial charge is 0.254 e. The minimum Gasteiger partial charge on any atom is -0.341 e. The van der Waals surface area contributed by atoms with E-state index in [0.717, 1.165) is 23.4 Å². The summed E-state index contributed by atoms with van der Waals surface area (Å²) >= 11 is 0. The third kappa shape index (κ3) is 2.69. The lowest BCUT2D eigenvalue weighted by molar-refractivity contribution is 0.0789. The van der Waals surface area contributed by atoms with E-state index in [-0.39, 0.29) is 5.91 Å². The van der Waals surface area contributed by atoms with Gasteiger partial charge >= 0.3 is 0 Å². The zero-order chi connectivity index (χ0) is 15.0. The zero-order valence-electron chi connectivity index (χ0n) is 12.3. The van der Waals surface area contributed by atoms with Crippen molar-refractivity contribution in [3.8, 4) is 0 Å². The maximum atomic E-state index is 12.7. The van der Waals surface area contributed by atoms with E-state index < -0.39 is 0 Å². The van der Waals surface area contributed by atoms with Gasteiger partial charge in [-0.1, -0.05) is 25.1 Å². The van der Waals surface area contributed by atoms with Crippen LogP contribution in [0.25, 0.3) is 10.9 Å². The van der Waals surface area contributed by atoms with E-state index in [1.54, 1.807) is 11.0 Å². The molecule has 0 bridgehead atoms. The molecule has 0 spiro atoms. The van der Waals surface area contributed by atoms with Gasteiger partial charge in [0.1, 0.15) is 5.82 Å². The number of pyridine rings is 1. The lowest BCUT2D eigenvalue weighted by Gasteiger charge is -2.18. The monoisotopic (exact) mass is 284 g/mol. The number of nitrogens with zero attached hydrogens (tertiary/aromatic N) is 2. The third-order valence-corrected chi connectivity index (χ3v) is 4.23. The fourth-order valence-electron chi connectivity index (χ4n) is 2.72. The van der Waals surface area contributed by atoms with Crippen LogP contribution in [0.4, 0.5) is 5.82 Å². The molecule has 1 saturated carbocycles. The van der Waals surface area contributed by atoms with Gasteiger partial charge in [-0.05, 0) is 30.4 Å². The van der Waals surface area contributed by atoms with Gasteiger partial charge < -0.3 is 10.3 Å². The van der Waals surface area contributed by atoms with Crippen LogP contribution < -0.4 is 11.3 Å². The van der Waals surface area contributed by atoms with Gasteiger partial charge in [0.05, 0.1) is 11.1 Å². The number of benzene rings is 1. The van der Waals surface area contributed by atoms with E-state index in [1.807, 2.05) is 31.3 Å². The molecule has 5 nitrogen and oxygen atoms in total. The van der Waals surface area contributed by atoms with Gasteiger partial charge in [-0.3, -0.25) is 4.79 Å². The van der Waals surface area contributed by atoms with Crippen LogP contribution in [0.1, 0.15) is 23.7 Å². The molecule has 5 heteroatoms. The van der Waals surface area contributed by atoms with Crippen molar-refractivity contribution in [3.05, 3.63) is 35.9 Å². The molecule has 1 fully saturated rings. The van der Waals surface area contributed by atoms with Crippen molar-refractivity contribution >= 4 is 22.6 Å². The number of rotatable bonds is 4. The minimum absolute atomic E-state index is 0.0178. The van der Waals surface area contributed by atoms with Crippen LogP contribution in [-0.2, 0) is 0 Å². The predicted octanol–water partition coefficient (Wildman–Crippen LogP) is 2.25. The van der Waals surface area contributed by atoms with Crippen LogP contribution in [0.15, 0.2) is 30.3 Å². The number of aromatic nitrogens is 1. The number of nitrogens with two attached hydrogens (primary N) is 1. The molecular formula is C16H20N4O. The summed E-state index contributed by atoms with van der Waals surface area (Å²) in [5.41, 5.74) is 3.94. The molecule has 1 amide bonds. The Balaban J connectivity index is 1.95. The van der Waals surface area contributed by atoms with Gasteiger partial charge in [-0.2, -0.15) is 0 Å². The van der Waals surface area contributed by atoms with Crippen molar-refractivity contribution in [2.75, 3.05) is 19.0 Å². The molecular weight excluding hydrogens is 264 g/mol. The quantitative estimate of drug-likeness (QED) is 0.667. The topological polar surface area (TPSA) is 71.2 Å². The molecule has 0 aliphatic heterocycles. The molecule has 110 valence electrons. The summed E-state index contributed by atoms with van der Waals surface area (Å²) in [5.74, 6) is 7.35. The molecule has 2 aromatic rings. The van der Waals surface area contributed by atoms with Crippen LogP contribution in [0.5, 0.6) is 0 Å². The summed E-state index contributed by atoms with van der Waals surface area (Å²) in [6.07, 6.45) is 1.21. The van der Waals surface area contributed by atoms with Crippen LogP contribution >= 0.6 is 0 Å². The number of fused-ring (bicyclic) bond motifs is 1. The van der Waals surface area contributed by atoms with E-state index in [0.29, 0.717) is 17.3 Å². The highest BCUT2D eigenvalue weighted by Crippen LogP contribution is 2.38. The predicted molar refractivity (Wildman–Crippen MR) is 83.8 cm³/mol. The van der Waals surface area contributed by atoms with Crippen molar-refractivity contribution in [1.82, 2.24) is 9.88 Å². The molecule has 3 rings (SSSR count). The van der Waals surface area contributed by atoms with Crippen LogP contribution in [0.3, 0.4) is 0 Å². The molecule has 2 atom stereocenters. The number of para-hydroxylation sites is 1. The largest absolute Gasteiger partial charge is 0.341 e. The lowest BCUT2D eigenvalue weighted by atomic mass is 10.1. The average Bonchev–Trinajstić information content (AvgIpc) is 3.20. The number of nitrogens with one attached hydrogen (secondary N) is 1. The first kappa shape index (κ1) is 13.8. The number of hydrazine groups is 1. The number of hydrogen-bond acceptors (Lipinski definition) is 4. The van der Waals surface area contributed by atoms with Gasteiger partial charge in [0.2, 0.25) is 0 Å². The molecule has 2 unspecified atom stereocenters. The molecule has 1 aromatic heterocycles. The Morgan fingerprint density at radius 1 is 1.48 bits per heavy atom. The highest BCUT2D eigenvalue weighted by Gasteiger charge is 2.34. The fraction of sp³-hybridized carbons (Fsp3) is 0.375.